The van der Waals surface area contributed by atoms with Crippen LogP contribution in [0.2, 0.25) is 0 Å². The van der Waals surface area contributed by atoms with Gasteiger partial charge in [-0.1, -0.05) is 338 Å². The van der Waals surface area contributed by atoms with Gasteiger partial charge in [-0.2, -0.15) is 0 Å². The fourth-order valence-electron chi connectivity index (χ4n) is 12.9. The Hall–Kier alpha value is -2.31. The van der Waals surface area contributed by atoms with Gasteiger partial charge >= 0.3 is 0 Å². The molecule has 2 rings (SSSR count). The van der Waals surface area contributed by atoms with E-state index in [1.807, 2.05) is 0 Å². The first kappa shape index (κ1) is 86.8. The SMILES string of the molecule is CC/C=C\C/C=C\C/C=C\C/C=C\C/C=C\CCCCCCCCCCCCCC(=O)NC(COC1OC(CO)C(OC2OC(CO)C(O)C(O)C2O)C(O)C1O)C(O)CCCCCCCCCCCCCCCCCCCCCCCCCCCCCCCCCC. The summed E-state index contributed by atoms with van der Waals surface area (Å²) in [5, 5.41) is 87.8. The quantitative estimate of drug-likeness (QED) is 0.0204. The monoisotopic (exact) mass is 1320 g/mol. The van der Waals surface area contributed by atoms with Gasteiger partial charge in [-0.05, 0) is 57.8 Å². The topological polar surface area (TPSA) is 228 Å². The van der Waals surface area contributed by atoms with Crippen molar-refractivity contribution in [2.24, 2.45) is 0 Å². The van der Waals surface area contributed by atoms with E-state index in [4.69, 9.17) is 18.9 Å². The lowest BCUT2D eigenvalue weighted by Gasteiger charge is -2.46. The number of nitrogens with one attached hydrogen (secondary N) is 1. The highest BCUT2D eigenvalue weighted by molar-refractivity contribution is 5.76. The van der Waals surface area contributed by atoms with Crippen molar-refractivity contribution in [2.75, 3.05) is 19.8 Å². The fraction of sp³-hybridized carbons (Fsp3) is 0.861. The van der Waals surface area contributed by atoms with E-state index < -0.39 is 86.8 Å². The van der Waals surface area contributed by atoms with Gasteiger partial charge in [-0.3, -0.25) is 4.79 Å². The van der Waals surface area contributed by atoms with Gasteiger partial charge in [0.05, 0.1) is 32.0 Å². The largest absolute Gasteiger partial charge is 0.394 e. The Bertz CT molecular complexity index is 1790. The summed E-state index contributed by atoms with van der Waals surface area (Å²) in [5.74, 6) is -0.207. The summed E-state index contributed by atoms with van der Waals surface area (Å²) >= 11 is 0. The Kier molecular flexibility index (Phi) is 58.9. The first-order valence-corrected chi connectivity index (χ1v) is 39.0. The van der Waals surface area contributed by atoms with Crippen molar-refractivity contribution in [1.82, 2.24) is 5.32 Å². The second kappa shape index (κ2) is 63.2. The minimum atomic E-state index is -1.79. The Labute approximate surface area is 568 Å². The predicted molar refractivity (Wildman–Crippen MR) is 383 cm³/mol. The Morgan fingerprint density at radius 1 is 0.398 bits per heavy atom. The molecule has 12 unspecified atom stereocenters. The molecule has 2 aliphatic heterocycles. The van der Waals surface area contributed by atoms with Crippen molar-refractivity contribution in [3.63, 3.8) is 0 Å². The molecule has 0 radical (unpaired) electrons. The van der Waals surface area contributed by atoms with Crippen LogP contribution in [0.15, 0.2) is 60.8 Å². The summed E-state index contributed by atoms with van der Waals surface area (Å²) in [7, 11) is 0. The molecule has 2 fully saturated rings. The van der Waals surface area contributed by atoms with Crippen LogP contribution in [0.4, 0.5) is 0 Å². The van der Waals surface area contributed by atoms with Crippen molar-refractivity contribution >= 4 is 5.91 Å². The van der Waals surface area contributed by atoms with Crippen molar-refractivity contribution in [1.29, 1.82) is 0 Å². The molecule has 0 saturated carbocycles. The molecule has 0 aromatic carbocycles. The zero-order valence-electron chi connectivity index (χ0n) is 59.5. The molecule has 0 aliphatic carbocycles. The average Bonchev–Trinajstić information content (AvgIpc) is 0.854. The maximum atomic E-state index is 13.4. The third-order valence-corrected chi connectivity index (χ3v) is 19.0. The molecule has 2 heterocycles. The molecule has 544 valence electrons. The van der Waals surface area contributed by atoms with Crippen molar-refractivity contribution < 1.29 is 64.6 Å². The van der Waals surface area contributed by atoms with Crippen LogP contribution >= 0.6 is 0 Å². The molecule has 14 heteroatoms. The van der Waals surface area contributed by atoms with Gasteiger partial charge < -0.3 is 65.1 Å². The zero-order valence-corrected chi connectivity index (χ0v) is 59.5. The van der Waals surface area contributed by atoms with Gasteiger partial charge in [-0.15, -0.1) is 0 Å². The second-order valence-electron chi connectivity index (χ2n) is 27.5. The Morgan fingerprint density at radius 3 is 1.14 bits per heavy atom. The number of hydrogen-bond acceptors (Lipinski definition) is 13. The third-order valence-electron chi connectivity index (χ3n) is 19.0. The van der Waals surface area contributed by atoms with Gasteiger partial charge in [0.15, 0.2) is 12.6 Å². The number of carbonyl (C=O) groups is 1. The molecule has 0 bridgehead atoms. The predicted octanol–water partition coefficient (Wildman–Crippen LogP) is 17.2. The summed E-state index contributed by atoms with van der Waals surface area (Å²) in [4.78, 5) is 13.4. The fourth-order valence-corrected chi connectivity index (χ4v) is 12.9. The Balaban J connectivity index is 1.62. The Morgan fingerprint density at radius 2 is 0.742 bits per heavy atom. The van der Waals surface area contributed by atoms with E-state index >= 15 is 0 Å². The molecular formula is C79H145NO13. The van der Waals surface area contributed by atoms with Gasteiger partial charge in [0.2, 0.25) is 5.91 Å². The number of unbranched alkanes of at least 4 members (excludes halogenated alkanes) is 42. The van der Waals surface area contributed by atoms with E-state index in [2.05, 4.69) is 79.9 Å². The highest BCUT2D eigenvalue weighted by Gasteiger charge is 2.51. The number of ether oxygens (including phenoxy) is 4. The van der Waals surface area contributed by atoms with E-state index in [0.29, 0.717) is 12.8 Å². The van der Waals surface area contributed by atoms with E-state index in [1.165, 1.54) is 225 Å². The molecule has 0 aromatic rings. The van der Waals surface area contributed by atoms with Crippen molar-refractivity contribution in [2.45, 2.75) is 415 Å². The van der Waals surface area contributed by atoms with Gasteiger partial charge in [-0.25, -0.2) is 0 Å². The van der Waals surface area contributed by atoms with Crippen molar-refractivity contribution in [3.05, 3.63) is 60.8 Å². The van der Waals surface area contributed by atoms with E-state index in [1.54, 1.807) is 0 Å². The number of allylic oxidation sites excluding steroid dienone is 10. The van der Waals surface area contributed by atoms with Crippen LogP contribution in [0.25, 0.3) is 0 Å². The smallest absolute Gasteiger partial charge is 0.220 e. The number of amides is 1. The highest BCUT2D eigenvalue weighted by atomic mass is 16.7. The summed E-state index contributed by atoms with van der Waals surface area (Å²) in [5.41, 5.74) is 0. The molecule has 9 N–H and O–H groups in total. The number of hydrogen-bond donors (Lipinski definition) is 9. The lowest BCUT2D eigenvalue weighted by atomic mass is 9.97. The van der Waals surface area contributed by atoms with Gasteiger partial charge in [0, 0.05) is 6.42 Å². The number of aliphatic hydroxyl groups excluding tert-OH is 8. The third kappa shape index (κ3) is 46.6. The first-order chi connectivity index (χ1) is 45.6. The molecule has 1 amide bonds. The average molecular weight is 1320 g/mol. The molecule has 14 nitrogen and oxygen atoms in total. The van der Waals surface area contributed by atoms with E-state index in [9.17, 15) is 45.6 Å². The van der Waals surface area contributed by atoms with Gasteiger partial charge in [0.1, 0.15) is 48.8 Å². The molecular weight excluding hydrogens is 1170 g/mol. The number of carbonyl (C=O) groups excluding carboxylic acids is 1. The maximum Gasteiger partial charge on any atom is 0.220 e. The van der Waals surface area contributed by atoms with Crippen LogP contribution < -0.4 is 5.32 Å². The molecule has 12 atom stereocenters. The molecule has 0 aromatic heterocycles. The van der Waals surface area contributed by atoms with E-state index in [0.717, 1.165) is 89.9 Å². The summed E-state index contributed by atoms with van der Waals surface area (Å²) < 4.78 is 23.0. The van der Waals surface area contributed by atoms with Crippen LogP contribution in [-0.4, -0.2) is 140 Å². The summed E-state index contributed by atoms with van der Waals surface area (Å²) in [6.07, 6.45) is 68.2. The maximum absolute atomic E-state index is 13.4. The summed E-state index contributed by atoms with van der Waals surface area (Å²) in [6, 6.07) is -0.836. The van der Waals surface area contributed by atoms with Crippen LogP contribution in [0.5, 0.6) is 0 Å². The van der Waals surface area contributed by atoms with Crippen LogP contribution in [0, 0.1) is 0 Å². The van der Waals surface area contributed by atoms with Crippen LogP contribution in [0.3, 0.4) is 0 Å². The first-order valence-electron chi connectivity index (χ1n) is 39.0. The van der Waals surface area contributed by atoms with E-state index in [-0.39, 0.29) is 12.5 Å². The molecule has 0 spiro atoms. The molecule has 2 saturated heterocycles. The number of rotatable bonds is 65. The van der Waals surface area contributed by atoms with Crippen LogP contribution in [-0.2, 0) is 23.7 Å². The number of aliphatic hydroxyl groups is 8. The second-order valence-corrected chi connectivity index (χ2v) is 27.5. The van der Waals surface area contributed by atoms with Crippen LogP contribution in [0.1, 0.15) is 341 Å². The van der Waals surface area contributed by atoms with Gasteiger partial charge in [0.25, 0.3) is 0 Å². The molecule has 2 aliphatic rings. The lowest BCUT2D eigenvalue weighted by Crippen LogP contribution is -2.65. The standard InChI is InChI=1S/C79H145NO13/c1-3-5-7-9-11-13-15-17-19-21-23-25-27-29-31-32-33-34-35-37-38-40-42-44-46-48-50-52-54-56-58-60-62-68(83)67(66-90-78-76(89)74(87)77(70(65-82)92-78)93-79-75(88)73(86)72(85)69(64-81)91-79)80-71(84)63-61-59-57-55-53-51-49-47-45-43-41-39-36-30-28-26-24-22-20-18-16-14-12-10-8-6-4-2/h6,8,12,14,18,20,24,26,30,36,67-70,72-79,81-83,85-89H,3-5,7,9-11,13,15-17,19,21-23,25,27-29,31-35,37-66H2,1-2H3,(H,80,84)/b8-6-,14-12-,20-18-,26-24-,36-30-. The minimum Gasteiger partial charge on any atom is -0.394 e. The lowest BCUT2D eigenvalue weighted by molar-refractivity contribution is -0.359. The summed E-state index contributed by atoms with van der Waals surface area (Å²) in [6.45, 7) is 2.80. The highest BCUT2D eigenvalue weighted by Crippen LogP contribution is 2.30. The van der Waals surface area contributed by atoms with Crippen molar-refractivity contribution in [3.8, 4) is 0 Å². The molecule has 93 heavy (non-hydrogen) atoms. The zero-order chi connectivity index (χ0) is 67.3. The minimum absolute atomic E-state index is 0.207. The normalized spacial score (nSPS) is 22.9.